The molecule has 0 atom stereocenters. The summed E-state index contributed by atoms with van der Waals surface area (Å²) >= 11 is 1.69. The third-order valence-corrected chi connectivity index (χ3v) is 4.93. The molecule has 2 heterocycles. The number of carbonyl (C=O) groups excluding carboxylic acids is 1. The Hall–Kier alpha value is -1.92. The van der Waals surface area contributed by atoms with Gasteiger partial charge in [0, 0.05) is 44.3 Å². The Balaban J connectivity index is 1.66. The lowest BCUT2D eigenvalue weighted by Crippen LogP contribution is -2.30. The zero-order valence-electron chi connectivity index (χ0n) is 13.3. The molecule has 6 heteroatoms. The summed E-state index contributed by atoms with van der Waals surface area (Å²) in [5.74, 6) is -0.264. The Kier molecular flexibility index (Phi) is 5.25. The van der Waals surface area contributed by atoms with Gasteiger partial charge in [0.15, 0.2) is 5.13 Å². The molecule has 1 fully saturated rings. The van der Waals surface area contributed by atoms with Crippen LogP contribution in [0.4, 0.5) is 5.13 Å². The van der Waals surface area contributed by atoms with Gasteiger partial charge in [-0.15, -0.1) is 11.3 Å². The van der Waals surface area contributed by atoms with E-state index in [0.717, 1.165) is 49.8 Å². The molecule has 0 aliphatic carbocycles. The molecule has 0 amide bonds. The molecule has 1 aliphatic rings. The molecule has 1 aliphatic heterocycles. The van der Waals surface area contributed by atoms with Crippen molar-refractivity contribution in [3.63, 3.8) is 0 Å². The maximum atomic E-state index is 11.9. The molecule has 5 nitrogen and oxygen atoms in total. The van der Waals surface area contributed by atoms with Gasteiger partial charge in [0.2, 0.25) is 0 Å². The van der Waals surface area contributed by atoms with Gasteiger partial charge in [0.25, 0.3) is 0 Å². The average molecular weight is 331 g/mol. The summed E-state index contributed by atoms with van der Waals surface area (Å²) in [7, 11) is 1.43. The molecule has 122 valence electrons. The maximum Gasteiger partial charge on any atom is 0.338 e. The number of benzene rings is 1. The van der Waals surface area contributed by atoms with E-state index in [2.05, 4.69) is 14.8 Å². The van der Waals surface area contributed by atoms with Crippen molar-refractivity contribution in [2.75, 3.05) is 38.2 Å². The second-order valence-electron chi connectivity index (χ2n) is 5.58. The highest BCUT2D eigenvalue weighted by Crippen LogP contribution is 2.20. The fourth-order valence-corrected chi connectivity index (χ4v) is 3.60. The lowest BCUT2D eigenvalue weighted by molar-refractivity contribution is 0.0598. The monoisotopic (exact) mass is 331 g/mol. The minimum atomic E-state index is -0.264. The lowest BCUT2D eigenvalue weighted by atomic mass is 10.1. The summed E-state index contributed by atoms with van der Waals surface area (Å²) in [6.45, 7) is 4.76. The number of nitrogens with zero attached hydrogens (tertiary/aromatic N) is 3. The van der Waals surface area contributed by atoms with E-state index in [0.29, 0.717) is 5.56 Å². The number of hydrogen-bond donors (Lipinski definition) is 0. The summed E-state index contributed by atoms with van der Waals surface area (Å²) in [5, 5.41) is 3.12. The number of hydrogen-bond acceptors (Lipinski definition) is 6. The van der Waals surface area contributed by atoms with Crippen LogP contribution in [0.1, 0.15) is 22.3 Å². The van der Waals surface area contributed by atoms with E-state index in [4.69, 9.17) is 4.74 Å². The highest BCUT2D eigenvalue weighted by molar-refractivity contribution is 7.13. The van der Waals surface area contributed by atoms with Crippen LogP contribution in [0, 0.1) is 0 Å². The van der Waals surface area contributed by atoms with Gasteiger partial charge in [-0.3, -0.25) is 4.90 Å². The van der Waals surface area contributed by atoms with Crippen molar-refractivity contribution in [3.05, 3.63) is 47.0 Å². The highest BCUT2D eigenvalue weighted by atomic mass is 32.1. The van der Waals surface area contributed by atoms with Gasteiger partial charge in [0.1, 0.15) is 0 Å². The quantitative estimate of drug-likeness (QED) is 0.806. The molecule has 0 radical (unpaired) electrons. The van der Waals surface area contributed by atoms with E-state index in [9.17, 15) is 4.79 Å². The number of rotatable bonds is 4. The van der Waals surface area contributed by atoms with Crippen molar-refractivity contribution in [2.45, 2.75) is 13.0 Å². The predicted octanol–water partition coefficient (Wildman–Crippen LogP) is 2.64. The fourth-order valence-electron chi connectivity index (χ4n) is 2.90. The van der Waals surface area contributed by atoms with Gasteiger partial charge in [-0.1, -0.05) is 18.2 Å². The first-order chi connectivity index (χ1) is 11.3. The van der Waals surface area contributed by atoms with Crippen LogP contribution >= 0.6 is 11.3 Å². The van der Waals surface area contributed by atoms with Crippen molar-refractivity contribution in [2.24, 2.45) is 0 Å². The van der Waals surface area contributed by atoms with Gasteiger partial charge in [-0.05, 0) is 18.1 Å². The van der Waals surface area contributed by atoms with Crippen molar-refractivity contribution in [3.8, 4) is 0 Å². The van der Waals surface area contributed by atoms with Crippen LogP contribution in [-0.2, 0) is 11.3 Å². The zero-order chi connectivity index (χ0) is 16.1. The van der Waals surface area contributed by atoms with Crippen LogP contribution in [0.25, 0.3) is 0 Å². The molecule has 23 heavy (non-hydrogen) atoms. The van der Waals surface area contributed by atoms with Crippen molar-refractivity contribution in [1.29, 1.82) is 0 Å². The number of esters is 1. The minimum absolute atomic E-state index is 0.264. The molecule has 0 bridgehead atoms. The zero-order valence-corrected chi connectivity index (χ0v) is 14.1. The molecule has 1 saturated heterocycles. The molecular formula is C17H21N3O2S. The van der Waals surface area contributed by atoms with E-state index in [1.54, 1.807) is 11.3 Å². The Labute approximate surface area is 140 Å². The largest absolute Gasteiger partial charge is 0.465 e. The Morgan fingerprint density at radius 3 is 2.91 bits per heavy atom. The number of thiazole rings is 1. The lowest BCUT2D eigenvalue weighted by Gasteiger charge is -2.22. The maximum absolute atomic E-state index is 11.9. The van der Waals surface area contributed by atoms with Gasteiger partial charge in [-0.2, -0.15) is 0 Å². The molecule has 0 saturated carbocycles. The SMILES string of the molecule is COC(=O)c1ccccc1CN1CCCN(c2nccs2)CC1. The summed E-state index contributed by atoms with van der Waals surface area (Å²) in [6.07, 6.45) is 2.95. The summed E-state index contributed by atoms with van der Waals surface area (Å²) in [5.41, 5.74) is 1.69. The average Bonchev–Trinajstić information content (AvgIpc) is 3.02. The Morgan fingerprint density at radius 2 is 2.13 bits per heavy atom. The molecule has 1 aromatic carbocycles. The van der Waals surface area contributed by atoms with Crippen LogP contribution in [0.2, 0.25) is 0 Å². The minimum Gasteiger partial charge on any atom is -0.465 e. The molecule has 0 N–H and O–H groups in total. The number of aromatic nitrogens is 1. The molecule has 1 aromatic heterocycles. The number of methoxy groups -OCH3 is 1. The molecule has 0 spiro atoms. The first-order valence-electron chi connectivity index (χ1n) is 7.81. The summed E-state index contributed by atoms with van der Waals surface area (Å²) in [4.78, 5) is 21.0. The molecule has 0 unspecified atom stereocenters. The van der Waals surface area contributed by atoms with E-state index in [1.807, 2.05) is 35.8 Å². The second-order valence-corrected chi connectivity index (χ2v) is 6.45. The highest BCUT2D eigenvalue weighted by Gasteiger charge is 2.19. The van der Waals surface area contributed by atoms with Gasteiger partial charge < -0.3 is 9.64 Å². The number of carbonyl (C=O) groups is 1. The number of ether oxygens (including phenoxy) is 1. The topological polar surface area (TPSA) is 45.7 Å². The van der Waals surface area contributed by atoms with Gasteiger partial charge >= 0.3 is 5.97 Å². The summed E-state index contributed by atoms with van der Waals surface area (Å²) < 4.78 is 4.88. The van der Waals surface area contributed by atoms with E-state index in [-0.39, 0.29) is 5.97 Å². The normalized spacial score (nSPS) is 16.1. The standard InChI is InChI=1S/C17H21N3O2S/c1-22-16(21)15-6-3-2-5-14(15)13-19-8-4-9-20(11-10-19)17-18-7-12-23-17/h2-3,5-7,12H,4,8-11,13H2,1H3. The third kappa shape index (κ3) is 3.89. The molecule has 2 aromatic rings. The van der Waals surface area contributed by atoms with Gasteiger partial charge in [0.05, 0.1) is 12.7 Å². The van der Waals surface area contributed by atoms with E-state index >= 15 is 0 Å². The van der Waals surface area contributed by atoms with Crippen LogP contribution in [-0.4, -0.2) is 49.1 Å². The van der Waals surface area contributed by atoms with Crippen LogP contribution in [0.3, 0.4) is 0 Å². The molecule has 3 rings (SSSR count). The first kappa shape index (κ1) is 16.0. The van der Waals surface area contributed by atoms with Crippen molar-refractivity contribution in [1.82, 2.24) is 9.88 Å². The van der Waals surface area contributed by atoms with Gasteiger partial charge in [-0.25, -0.2) is 9.78 Å². The third-order valence-electron chi connectivity index (χ3n) is 4.09. The summed E-state index contributed by atoms with van der Waals surface area (Å²) in [6, 6.07) is 7.69. The molecular weight excluding hydrogens is 310 g/mol. The van der Waals surface area contributed by atoms with E-state index in [1.165, 1.54) is 7.11 Å². The van der Waals surface area contributed by atoms with Crippen molar-refractivity contribution < 1.29 is 9.53 Å². The van der Waals surface area contributed by atoms with Crippen LogP contribution in [0.5, 0.6) is 0 Å². The van der Waals surface area contributed by atoms with Crippen LogP contribution in [0.15, 0.2) is 35.8 Å². The first-order valence-corrected chi connectivity index (χ1v) is 8.69. The van der Waals surface area contributed by atoms with Crippen molar-refractivity contribution >= 4 is 22.4 Å². The fraction of sp³-hybridized carbons (Fsp3) is 0.412. The Morgan fingerprint density at radius 1 is 1.26 bits per heavy atom. The second kappa shape index (κ2) is 7.57. The van der Waals surface area contributed by atoms with Crippen LogP contribution < -0.4 is 4.90 Å². The number of anilines is 1. The predicted molar refractivity (Wildman–Crippen MR) is 92.0 cm³/mol. The van der Waals surface area contributed by atoms with E-state index < -0.39 is 0 Å². The smallest absolute Gasteiger partial charge is 0.338 e. The Bertz CT molecular complexity index is 645.